The standard InChI is InChI=1S/C25H14FNO3/c26-16-11-9-15(10-12-16)23(28)19-13-14-21-22-18(19)7-4-8-20(22)24(29)27(25(21)30)17-5-2-1-3-6-17/h1-14H. The number of carbonyl (C=O) groups excluding carboxylic acids is 3. The number of ketones is 1. The molecule has 1 heterocycles. The van der Waals surface area contributed by atoms with E-state index in [4.69, 9.17) is 0 Å². The summed E-state index contributed by atoms with van der Waals surface area (Å²) in [5.41, 5.74) is 1.90. The Morgan fingerprint density at radius 3 is 2.07 bits per heavy atom. The third kappa shape index (κ3) is 2.63. The van der Waals surface area contributed by atoms with Crippen LogP contribution in [-0.2, 0) is 0 Å². The number of halogens is 1. The van der Waals surface area contributed by atoms with Gasteiger partial charge in [0.2, 0.25) is 0 Å². The SMILES string of the molecule is O=C(c1ccc(F)cc1)c1ccc2c3c(cccc13)C(=O)N(c1ccccc1)C2=O. The Balaban J connectivity index is 1.70. The van der Waals surface area contributed by atoms with Crippen molar-refractivity contribution < 1.29 is 18.8 Å². The van der Waals surface area contributed by atoms with Crippen LogP contribution in [0.25, 0.3) is 10.8 Å². The summed E-state index contributed by atoms with van der Waals surface area (Å²) in [4.78, 5) is 40.6. The smallest absolute Gasteiger partial charge is 0.265 e. The van der Waals surface area contributed by atoms with Crippen LogP contribution >= 0.6 is 0 Å². The highest BCUT2D eigenvalue weighted by molar-refractivity contribution is 6.37. The maximum absolute atomic E-state index is 13.2. The van der Waals surface area contributed by atoms with Gasteiger partial charge >= 0.3 is 0 Å². The van der Waals surface area contributed by atoms with E-state index in [2.05, 4.69) is 0 Å². The fourth-order valence-corrected chi connectivity index (χ4v) is 3.86. The van der Waals surface area contributed by atoms with Crippen LogP contribution in [-0.4, -0.2) is 17.6 Å². The minimum Gasteiger partial charge on any atom is -0.289 e. The highest BCUT2D eigenvalue weighted by Crippen LogP contribution is 2.35. The molecule has 0 aromatic heterocycles. The molecule has 5 heteroatoms. The molecule has 0 unspecified atom stereocenters. The van der Waals surface area contributed by atoms with Crippen LogP contribution in [0.15, 0.2) is 84.9 Å². The summed E-state index contributed by atoms with van der Waals surface area (Å²) in [6.45, 7) is 0. The number of hydrogen-bond donors (Lipinski definition) is 0. The lowest BCUT2D eigenvalue weighted by Crippen LogP contribution is -2.40. The average Bonchev–Trinajstić information content (AvgIpc) is 2.78. The Hall–Kier alpha value is -4.12. The molecule has 144 valence electrons. The minimum absolute atomic E-state index is 0.302. The Morgan fingerprint density at radius 2 is 1.37 bits per heavy atom. The van der Waals surface area contributed by atoms with Gasteiger partial charge in [-0.25, -0.2) is 9.29 Å². The van der Waals surface area contributed by atoms with Crippen molar-refractivity contribution in [1.82, 2.24) is 0 Å². The van der Waals surface area contributed by atoms with Crippen molar-refractivity contribution in [1.29, 1.82) is 0 Å². The van der Waals surface area contributed by atoms with Gasteiger partial charge in [0, 0.05) is 27.6 Å². The molecule has 0 N–H and O–H groups in total. The molecular formula is C25H14FNO3. The third-order valence-corrected chi connectivity index (χ3v) is 5.27. The second-order valence-electron chi connectivity index (χ2n) is 7.01. The number of rotatable bonds is 3. The molecule has 0 bridgehead atoms. The van der Waals surface area contributed by atoms with Gasteiger partial charge in [-0.05, 0) is 60.0 Å². The zero-order valence-corrected chi connectivity index (χ0v) is 15.6. The Labute approximate surface area is 171 Å². The summed E-state index contributed by atoms with van der Waals surface area (Å²) in [5, 5.41) is 0.987. The monoisotopic (exact) mass is 395 g/mol. The highest BCUT2D eigenvalue weighted by atomic mass is 19.1. The number of anilines is 1. The molecule has 0 saturated heterocycles. The number of nitrogens with zero attached hydrogens (tertiary/aromatic N) is 1. The van der Waals surface area contributed by atoms with Crippen molar-refractivity contribution in [2.75, 3.05) is 4.90 Å². The van der Waals surface area contributed by atoms with E-state index in [0.29, 0.717) is 38.7 Å². The van der Waals surface area contributed by atoms with E-state index >= 15 is 0 Å². The van der Waals surface area contributed by atoms with Gasteiger partial charge < -0.3 is 0 Å². The lowest BCUT2D eigenvalue weighted by atomic mass is 9.88. The molecule has 4 aromatic rings. The van der Waals surface area contributed by atoms with Crippen LogP contribution in [0.1, 0.15) is 36.6 Å². The van der Waals surface area contributed by atoms with Crippen LogP contribution in [0.2, 0.25) is 0 Å². The number of hydrogen-bond acceptors (Lipinski definition) is 3. The molecule has 0 aliphatic carbocycles. The molecule has 0 spiro atoms. The normalized spacial score (nSPS) is 13.0. The Kier molecular flexibility index (Phi) is 4.03. The number of carbonyl (C=O) groups is 3. The van der Waals surface area contributed by atoms with Crippen molar-refractivity contribution in [2.24, 2.45) is 0 Å². The van der Waals surface area contributed by atoms with Crippen LogP contribution < -0.4 is 4.90 Å². The van der Waals surface area contributed by atoms with Crippen molar-refractivity contribution in [3.8, 4) is 0 Å². The first-order valence-electron chi connectivity index (χ1n) is 9.36. The largest absolute Gasteiger partial charge is 0.289 e. The second-order valence-corrected chi connectivity index (χ2v) is 7.01. The summed E-state index contributed by atoms with van der Waals surface area (Å²) in [6, 6.07) is 22.3. The molecule has 30 heavy (non-hydrogen) atoms. The average molecular weight is 395 g/mol. The van der Waals surface area contributed by atoms with Crippen LogP contribution in [0.3, 0.4) is 0 Å². The van der Waals surface area contributed by atoms with Gasteiger partial charge in [-0.15, -0.1) is 0 Å². The summed E-state index contributed by atoms with van der Waals surface area (Å²) < 4.78 is 13.2. The van der Waals surface area contributed by atoms with Gasteiger partial charge in [0.1, 0.15) is 5.82 Å². The van der Waals surface area contributed by atoms with Crippen LogP contribution in [0.4, 0.5) is 10.1 Å². The van der Waals surface area contributed by atoms with E-state index in [1.807, 2.05) is 6.07 Å². The van der Waals surface area contributed by atoms with Crippen LogP contribution in [0, 0.1) is 5.82 Å². The van der Waals surface area contributed by atoms with E-state index in [1.165, 1.54) is 24.3 Å². The Morgan fingerprint density at radius 1 is 0.700 bits per heavy atom. The summed E-state index contributed by atoms with van der Waals surface area (Å²) in [6.07, 6.45) is 0. The quantitative estimate of drug-likeness (QED) is 0.362. The predicted octanol–water partition coefficient (Wildman–Crippen LogP) is 5.01. The molecule has 1 aliphatic rings. The fraction of sp³-hybridized carbons (Fsp3) is 0. The number of imide groups is 1. The van der Waals surface area contributed by atoms with Gasteiger partial charge in [-0.3, -0.25) is 14.4 Å². The van der Waals surface area contributed by atoms with Crippen molar-refractivity contribution in [3.05, 3.63) is 113 Å². The van der Waals surface area contributed by atoms with Crippen molar-refractivity contribution >= 4 is 34.1 Å². The summed E-state index contributed by atoms with van der Waals surface area (Å²) in [5.74, 6) is -1.60. The first kappa shape index (κ1) is 17.9. The summed E-state index contributed by atoms with van der Waals surface area (Å²) >= 11 is 0. The molecular weight excluding hydrogens is 381 g/mol. The van der Waals surface area contributed by atoms with Gasteiger partial charge in [0.15, 0.2) is 5.78 Å². The number of amides is 2. The van der Waals surface area contributed by atoms with Gasteiger partial charge in [0.05, 0.1) is 5.69 Å². The first-order valence-corrected chi connectivity index (χ1v) is 9.36. The minimum atomic E-state index is -0.435. The van der Waals surface area contributed by atoms with E-state index in [0.717, 1.165) is 4.90 Å². The molecule has 0 saturated carbocycles. The molecule has 2 amide bonds. The second kappa shape index (κ2) is 6.74. The molecule has 4 aromatic carbocycles. The predicted molar refractivity (Wildman–Crippen MR) is 111 cm³/mol. The Bertz CT molecular complexity index is 1320. The molecule has 0 radical (unpaired) electrons. The first-order chi connectivity index (χ1) is 14.6. The topological polar surface area (TPSA) is 54.5 Å². The number of para-hydroxylation sites is 1. The highest BCUT2D eigenvalue weighted by Gasteiger charge is 2.34. The van der Waals surface area contributed by atoms with E-state index < -0.39 is 17.6 Å². The summed E-state index contributed by atoms with van der Waals surface area (Å²) in [7, 11) is 0. The maximum atomic E-state index is 13.2. The zero-order valence-electron chi connectivity index (χ0n) is 15.6. The molecule has 0 atom stereocenters. The maximum Gasteiger partial charge on any atom is 0.265 e. The lowest BCUT2D eigenvalue weighted by molar-refractivity contribution is 0.0892. The zero-order chi connectivity index (χ0) is 20.8. The third-order valence-electron chi connectivity index (χ3n) is 5.27. The van der Waals surface area contributed by atoms with Crippen LogP contribution in [0.5, 0.6) is 0 Å². The lowest BCUT2D eigenvalue weighted by Gasteiger charge is -2.27. The van der Waals surface area contributed by atoms with Crippen molar-refractivity contribution in [3.63, 3.8) is 0 Å². The van der Waals surface area contributed by atoms with Crippen molar-refractivity contribution in [2.45, 2.75) is 0 Å². The molecule has 5 rings (SSSR count). The molecule has 0 fully saturated rings. The van der Waals surface area contributed by atoms with E-state index in [1.54, 1.807) is 54.6 Å². The molecule has 4 nitrogen and oxygen atoms in total. The molecule has 1 aliphatic heterocycles. The van der Waals surface area contributed by atoms with Gasteiger partial charge in [-0.1, -0.05) is 30.3 Å². The van der Waals surface area contributed by atoms with E-state index in [-0.39, 0.29) is 5.78 Å². The number of benzene rings is 4. The van der Waals surface area contributed by atoms with E-state index in [9.17, 15) is 18.8 Å². The fourth-order valence-electron chi connectivity index (χ4n) is 3.86. The van der Waals surface area contributed by atoms with Gasteiger partial charge in [0.25, 0.3) is 11.8 Å². The van der Waals surface area contributed by atoms with Gasteiger partial charge in [-0.2, -0.15) is 0 Å².